The van der Waals surface area contributed by atoms with Crippen LogP contribution in [0.3, 0.4) is 0 Å². The average Bonchev–Trinajstić information content (AvgIpc) is 2.71. The Bertz CT molecular complexity index is 925. The molecule has 0 unspecified atom stereocenters. The molecular formula is C23H26O5. The summed E-state index contributed by atoms with van der Waals surface area (Å²) in [6.45, 7) is 7.59. The lowest BCUT2D eigenvalue weighted by Gasteiger charge is -2.13. The van der Waals surface area contributed by atoms with Crippen molar-refractivity contribution in [3.05, 3.63) is 63.7 Å². The normalized spacial score (nSPS) is 10.8. The van der Waals surface area contributed by atoms with Crippen LogP contribution in [0.15, 0.2) is 30.3 Å². The lowest BCUT2D eigenvalue weighted by Crippen LogP contribution is -2.15. The summed E-state index contributed by atoms with van der Waals surface area (Å²) < 4.78 is 15.6. The van der Waals surface area contributed by atoms with Crippen LogP contribution in [-0.4, -0.2) is 32.6 Å². The number of benzene rings is 2. The number of rotatable bonds is 7. The van der Waals surface area contributed by atoms with Crippen LogP contribution in [0.25, 0.3) is 6.08 Å². The highest BCUT2D eigenvalue weighted by molar-refractivity contribution is 6.00. The van der Waals surface area contributed by atoms with Gasteiger partial charge < -0.3 is 14.2 Å². The average molecular weight is 382 g/mol. The number of carbonyl (C=O) groups is 2. The molecule has 5 nitrogen and oxygen atoms in total. The Morgan fingerprint density at radius 1 is 0.929 bits per heavy atom. The Morgan fingerprint density at radius 3 is 2.29 bits per heavy atom. The van der Waals surface area contributed by atoms with Crippen LogP contribution in [0.1, 0.15) is 38.2 Å². The van der Waals surface area contributed by atoms with E-state index in [9.17, 15) is 9.59 Å². The number of esters is 1. The first-order valence-corrected chi connectivity index (χ1v) is 8.96. The third kappa shape index (κ3) is 4.80. The van der Waals surface area contributed by atoms with Gasteiger partial charge in [0.1, 0.15) is 11.5 Å². The maximum atomic E-state index is 12.5. The lowest BCUT2D eigenvalue weighted by molar-refractivity contribution is -0.136. The van der Waals surface area contributed by atoms with Gasteiger partial charge in [0.15, 0.2) is 6.61 Å². The quantitative estimate of drug-likeness (QED) is 0.404. The molecule has 0 bridgehead atoms. The third-order valence-electron chi connectivity index (χ3n) is 4.96. The largest absolute Gasteiger partial charge is 0.497 e. The van der Waals surface area contributed by atoms with Crippen molar-refractivity contribution in [2.45, 2.75) is 27.7 Å². The molecule has 0 heterocycles. The zero-order valence-corrected chi connectivity index (χ0v) is 17.2. The van der Waals surface area contributed by atoms with Crippen LogP contribution in [0, 0.1) is 27.7 Å². The fraction of sp³-hybridized carbons (Fsp3) is 0.304. The molecule has 2 rings (SSSR count). The van der Waals surface area contributed by atoms with Gasteiger partial charge in [-0.2, -0.15) is 0 Å². The van der Waals surface area contributed by atoms with E-state index in [1.165, 1.54) is 11.6 Å². The monoisotopic (exact) mass is 382 g/mol. The van der Waals surface area contributed by atoms with Gasteiger partial charge in [0.05, 0.1) is 14.2 Å². The molecule has 0 fully saturated rings. The predicted octanol–water partition coefficient (Wildman–Crippen LogP) is 4.38. The van der Waals surface area contributed by atoms with E-state index in [4.69, 9.17) is 14.2 Å². The topological polar surface area (TPSA) is 61.8 Å². The number of methoxy groups -OCH3 is 2. The van der Waals surface area contributed by atoms with E-state index in [1.54, 1.807) is 38.5 Å². The second-order valence-electron chi connectivity index (χ2n) is 6.59. The van der Waals surface area contributed by atoms with Crippen LogP contribution < -0.4 is 9.47 Å². The van der Waals surface area contributed by atoms with Gasteiger partial charge >= 0.3 is 5.97 Å². The van der Waals surface area contributed by atoms with Crippen molar-refractivity contribution in [3.8, 4) is 11.5 Å². The smallest absolute Gasteiger partial charge is 0.331 e. The van der Waals surface area contributed by atoms with Gasteiger partial charge in [-0.25, -0.2) is 4.79 Å². The Morgan fingerprint density at radius 2 is 1.64 bits per heavy atom. The van der Waals surface area contributed by atoms with Gasteiger partial charge in [-0.05, 0) is 80.3 Å². The summed E-state index contributed by atoms with van der Waals surface area (Å²) in [6, 6.07) is 7.11. The van der Waals surface area contributed by atoms with E-state index in [-0.39, 0.29) is 12.4 Å². The molecule has 2 aromatic rings. The summed E-state index contributed by atoms with van der Waals surface area (Å²) in [6.07, 6.45) is 2.84. The van der Waals surface area contributed by atoms with Crippen molar-refractivity contribution >= 4 is 17.8 Å². The Balaban J connectivity index is 2.07. The summed E-state index contributed by atoms with van der Waals surface area (Å²) in [5.41, 5.74) is 5.47. The number of carbonyl (C=O) groups excluding carboxylic acids is 2. The molecule has 0 aliphatic rings. The van der Waals surface area contributed by atoms with Crippen LogP contribution in [-0.2, 0) is 9.53 Å². The van der Waals surface area contributed by atoms with Gasteiger partial charge in [-0.3, -0.25) is 4.79 Å². The van der Waals surface area contributed by atoms with E-state index in [0.717, 1.165) is 16.7 Å². The zero-order valence-electron chi connectivity index (χ0n) is 17.2. The van der Waals surface area contributed by atoms with E-state index >= 15 is 0 Å². The van der Waals surface area contributed by atoms with E-state index < -0.39 is 5.97 Å². The number of aryl methyl sites for hydroxylation is 1. The summed E-state index contributed by atoms with van der Waals surface area (Å²) in [5.74, 6) is 0.424. The molecule has 5 heteroatoms. The molecule has 28 heavy (non-hydrogen) atoms. The molecule has 2 aromatic carbocycles. The number of ether oxygens (including phenoxy) is 3. The summed E-state index contributed by atoms with van der Waals surface area (Å²) in [4.78, 5) is 24.6. The van der Waals surface area contributed by atoms with Gasteiger partial charge in [0, 0.05) is 17.2 Å². The maximum Gasteiger partial charge on any atom is 0.331 e. The predicted molar refractivity (Wildman–Crippen MR) is 109 cm³/mol. The molecule has 148 valence electrons. The molecule has 0 aliphatic heterocycles. The van der Waals surface area contributed by atoms with Crippen LogP contribution in [0.2, 0.25) is 0 Å². The van der Waals surface area contributed by atoms with Crippen molar-refractivity contribution in [2.75, 3.05) is 20.8 Å². The standard InChI is InChI=1S/C23H26O5/c1-14-11-20(17(4)16(3)15(14)2)21(24)13-28-23(25)10-7-18-12-19(26-5)8-9-22(18)27-6/h7-12H,13H2,1-6H3/b10-7+. The Labute approximate surface area is 165 Å². The summed E-state index contributed by atoms with van der Waals surface area (Å²) >= 11 is 0. The molecule has 0 aliphatic carbocycles. The van der Waals surface area contributed by atoms with Gasteiger partial charge in [-0.1, -0.05) is 0 Å². The van der Waals surface area contributed by atoms with Gasteiger partial charge in [0.25, 0.3) is 0 Å². The summed E-state index contributed by atoms with van der Waals surface area (Å²) in [7, 11) is 3.11. The number of ketones is 1. The number of hydrogen-bond acceptors (Lipinski definition) is 5. The number of Topliss-reactive ketones (excluding diaryl/α,β-unsaturated/α-hetero) is 1. The highest BCUT2D eigenvalue weighted by atomic mass is 16.5. The molecular weight excluding hydrogens is 356 g/mol. The molecule has 0 atom stereocenters. The van der Waals surface area contributed by atoms with Crippen molar-refractivity contribution in [3.63, 3.8) is 0 Å². The molecule has 0 saturated carbocycles. The second kappa shape index (κ2) is 9.22. The summed E-state index contributed by atoms with van der Waals surface area (Å²) in [5, 5.41) is 0. The first-order chi connectivity index (χ1) is 13.3. The van der Waals surface area contributed by atoms with Crippen LogP contribution >= 0.6 is 0 Å². The van der Waals surface area contributed by atoms with Crippen LogP contribution in [0.5, 0.6) is 11.5 Å². The van der Waals surface area contributed by atoms with Gasteiger partial charge in [-0.15, -0.1) is 0 Å². The zero-order chi connectivity index (χ0) is 20.8. The first-order valence-electron chi connectivity index (χ1n) is 8.96. The van der Waals surface area contributed by atoms with E-state index in [0.29, 0.717) is 22.6 Å². The minimum absolute atomic E-state index is 0.218. The molecule has 0 radical (unpaired) electrons. The Hall–Kier alpha value is -3.08. The van der Waals surface area contributed by atoms with Crippen molar-refractivity contribution in [2.24, 2.45) is 0 Å². The molecule has 0 spiro atoms. The van der Waals surface area contributed by atoms with E-state index in [1.807, 2.05) is 33.8 Å². The van der Waals surface area contributed by atoms with Crippen LogP contribution in [0.4, 0.5) is 0 Å². The SMILES string of the molecule is COc1ccc(OC)c(/C=C/C(=O)OCC(=O)c2cc(C)c(C)c(C)c2C)c1. The fourth-order valence-corrected chi connectivity index (χ4v) is 2.89. The van der Waals surface area contributed by atoms with Crippen molar-refractivity contribution < 1.29 is 23.8 Å². The minimum atomic E-state index is -0.601. The minimum Gasteiger partial charge on any atom is -0.497 e. The highest BCUT2D eigenvalue weighted by Gasteiger charge is 2.15. The van der Waals surface area contributed by atoms with Crippen molar-refractivity contribution in [1.29, 1.82) is 0 Å². The lowest BCUT2D eigenvalue weighted by atomic mass is 9.93. The second-order valence-corrected chi connectivity index (χ2v) is 6.59. The third-order valence-corrected chi connectivity index (χ3v) is 4.96. The number of hydrogen-bond donors (Lipinski definition) is 0. The molecule has 0 aromatic heterocycles. The molecule has 0 amide bonds. The van der Waals surface area contributed by atoms with Gasteiger partial charge in [0.2, 0.25) is 5.78 Å². The first kappa shape index (κ1) is 21.2. The van der Waals surface area contributed by atoms with Crippen molar-refractivity contribution in [1.82, 2.24) is 0 Å². The highest BCUT2D eigenvalue weighted by Crippen LogP contribution is 2.25. The molecule has 0 saturated heterocycles. The van der Waals surface area contributed by atoms with E-state index in [2.05, 4.69) is 0 Å². The maximum absolute atomic E-state index is 12.5. The molecule has 0 N–H and O–H groups in total. The fourth-order valence-electron chi connectivity index (χ4n) is 2.89. The Kier molecular flexibility index (Phi) is 6.99.